The molecule has 2 heteroatoms. The van der Waals surface area contributed by atoms with E-state index in [9.17, 15) is 0 Å². The zero-order valence-electron chi connectivity index (χ0n) is 8.10. The summed E-state index contributed by atoms with van der Waals surface area (Å²) in [4.78, 5) is 0. The minimum Gasteiger partial charge on any atom is -0.371 e. The van der Waals surface area contributed by atoms with Gasteiger partial charge >= 0.3 is 0 Å². The molecule has 1 atom stereocenters. The van der Waals surface area contributed by atoms with Gasteiger partial charge in [-0.3, -0.25) is 0 Å². The van der Waals surface area contributed by atoms with Crippen LogP contribution in [-0.2, 0) is 4.74 Å². The summed E-state index contributed by atoms with van der Waals surface area (Å²) >= 11 is 0. The van der Waals surface area contributed by atoms with Crippen LogP contribution in [0.3, 0.4) is 0 Å². The van der Waals surface area contributed by atoms with Gasteiger partial charge in [0, 0.05) is 12.6 Å². The van der Waals surface area contributed by atoms with Gasteiger partial charge in [-0.1, -0.05) is 0 Å². The third kappa shape index (κ3) is 2.20. The summed E-state index contributed by atoms with van der Waals surface area (Å²) in [5, 5.41) is 3.51. The van der Waals surface area contributed by atoms with Crippen LogP contribution in [0, 0.1) is 0 Å². The van der Waals surface area contributed by atoms with E-state index < -0.39 is 0 Å². The Bertz CT molecular complexity index is 163. The fourth-order valence-electron chi connectivity index (χ4n) is 1.81. The highest BCUT2D eigenvalue weighted by Crippen LogP contribution is 2.29. The Hall–Kier alpha value is -0.0800. The van der Waals surface area contributed by atoms with Crippen molar-refractivity contribution in [3.8, 4) is 0 Å². The molecule has 0 bridgehead atoms. The van der Waals surface area contributed by atoms with E-state index in [-0.39, 0.29) is 5.60 Å². The first-order valence-corrected chi connectivity index (χ1v) is 5.07. The first kappa shape index (κ1) is 8.52. The van der Waals surface area contributed by atoms with Gasteiger partial charge in [-0.15, -0.1) is 0 Å². The number of nitrogens with one attached hydrogen (secondary N) is 1. The van der Waals surface area contributed by atoms with Crippen molar-refractivity contribution in [2.24, 2.45) is 0 Å². The molecule has 12 heavy (non-hydrogen) atoms. The fourth-order valence-corrected chi connectivity index (χ4v) is 1.81. The van der Waals surface area contributed by atoms with Crippen LogP contribution in [0.15, 0.2) is 0 Å². The molecule has 0 spiro atoms. The highest BCUT2D eigenvalue weighted by atomic mass is 16.5. The van der Waals surface area contributed by atoms with Crippen LogP contribution in [0.4, 0.5) is 0 Å². The third-order valence-corrected chi connectivity index (χ3v) is 2.77. The quantitative estimate of drug-likeness (QED) is 0.694. The maximum atomic E-state index is 5.86. The van der Waals surface area contributed by atoms with Crippen LogP contribution in [0.1, 0.15) is 39.5 Å². The molecule has 1 aliphatic carbocycles. The van der Waals surface area contributed by atoms with Gasteiger partial charge in [-0.2, -0.15) is 0 Å². The second kappa shape index (κ2) is 3.00. The summed E-state index contributed by atoms with van der Waals surface area (Å²) in [6.45, 7) is 5.43. The molecule has 1 unspecified atom stereocenters. The van der Waals surface area contributed by atoms with E-state index in [0.29, 0.717) is 6.10 Å². The Labute approximate surface area is 74.7 Å². The minimum absolute atomic E-state index is 0.135. The molecule has 0 aromatic carbocycles. The van der Waals surface area contributed by atoms with Crippen LogP contribution in [0.25, 0.3) is 0 Å². The third-order valence-electron chi connectivity index (χ3n) is 2.77. The summed E-state index contributed by atoms with van der Waals surface area (Å²) in [6.07, 6.45) is 5.66. The van der Waals surface area contributed by atoms with Crippen molar-refractivity contribution < 1.29 is 4.74 Å². The second-order valence-corrected chi connectivity index (χ2v) is 4.72. The van der Waals surface area contributed by atoms with E-state index >= 15 is 0 Å². The molecule has 0 aromatic rings. The van der Waals surface area contributed by atoms with Crippen LogP contribution < -0.4 is 5.32 Å². The zero-order valence-corrected chi connectivity index (χ0v) is 8.10. The molecule has 1 aliphatic heterocycles. The molecule has 0 aromatic heterocycles. The van der Waals surface area contributed by atoms with Gasteiger partial charge in [0.25, 0.3) is 0 Å². The van der Waals surface area contributed by atoms with Crippen molar-refractivity contribution in [3.05, 3.63) is 0 Å². The Morgan fingerprint density at radius 1 is 1.33 bits per heavy atom. The molecular formula is C10H19NO. The predicted octanol–water partition coefficient (Wildman–Crippen LogP) is 1.70. The Balaban J connectivity index is 1.68. The highest BCUT2D eigenvalue weighted by molar-refractivity contribution is 4.86. The molecular weight excluding hydrogens is 150 g/mol. The predicted molar refractivity (Wildman–Crippen MR) is 49.2 cm³/mol. The molecule has 0 amide bonds. The second-order valence-electron chi connectivity index (χ2n) is 4.72. The van der Waals surface area contributed by atoms with E-state index in [0.717, 1.165) is 12.6 Å². The van der Waals surface area contributed by atoms with Crippen LogP contribution >= 0.6 is 0 Å². The molecule has 2 nitrogen and oxygen atoms in total. The zero-order chi connectivity index (χ0) is 8.60. The van der Waals surface area contributed by atoms with Crippen molar-refractivity contribution >= 4 is 0 Å². The summed E-state index contributed by atoms with van der Waals surface area (Å²) in [5.41, 5.74) is 0.135. The largest absolute Gasteiger partial charge is 0.371 e. The van der Waals surface area contributed by atoms with E-state index in [4.69, 9.17) is 4.74 Å². The summed E-state index contributed by atoms with van der Waals surface area (Å²) in [6, 6.07) is 0.817. The average molecular weight is 169 g/mol. The number of rotatable bonds is 3. The van der Waals surface area contributed by atoms with Gasteiger partial charge in [0.1, 0.15) is 0 Å². The molecule has 1 N–H and O–H groups in total. The van der Waals surface area contributed by atoms with E-state index in [2.05, 4.69) is 19.2 Å². The average Bonchev–Trinajstić information content (AvgIpc) is 2.74. The van der Waals surface area contributed by atoms with Gasteiger partial charge in [-0.25, -0.2) is 0 Å². The highest BCUT2D eigenvalue weighted by Gasteiger charge is 2.32. The lowest BCUT2D eigenvalue weighted by Crippen LogP contribution is -2.30. The molecule has 1 saturated carbocycles. The summed E-state index contributed by atoms with van der Waals surface area (Å²) in [5.74, 6) is 0. The maximum Gasteiger partial charge on any atom is 0.0707 e. The van der Waals surface area contributed by atoms with Gasteiger partial charge < -0.3 is 10.1 Å². The lowest BCUT2D eigenvalue weighted by molar-refractivity contribution is -0.0143. The van der Waals surface area contributed by atoms with Crippen molar-refractivity contribution in [3.63, 3.8) is 0 Å². The van der Waals surface area contributed by atoms with Gasteiger partial charge in [-0.05, 0) is 39.5 Å². The van der Waals surface area contributed by atoms with E-state index in [1.807, 2.05) is 0 Å². The normalized spacial score (nSPS) is 34.0. The maximum absolute atomic E-state index is 5.86. The van der Waals surface area contributed by atoms with Crippen molar-refractivity contribution in [2.45, 2.75) is 57.3 Å². The Kier molecular flexibility index (Phi) is 2.13. The first-order valence-electron chi connectivity index (χ1n) is 5.07. The summed E-state index contributed by atoms with van der Waals surface area (Å²) < 4.78 is 5.86. The van der Waals surface area contributed by atoms with Gasteiger partial charge in [0.15, 0.2) is 0 Å². The molecule has 2 fully saturated rings. The van der Waals surface area contributed by atoms with Gasteiger partial charge in [0.05, 0.1) is 11.7 Å². The topological polar surface area (TPSA) is 21.3 Å². The number of hydrogen-bond acceptors (Lipinski definition) is 2. The smallest absolute Gasteiger partial charge is 0.0707 e. The Morgan fingerprint density at radius 3 is 2.58 bits per heavy atom. The summed E-state index contributed by atoms with van der Waals surface area (Å²) in [7, 11) is 0. The molecule has 2 rings (SSSR count). The molecule has 0 radical (unpaired) electrons. The number of ether oxygens (including phenoxy) is 1. The molecule has 70 valence electrons. The van der Waals surface area contributed by atoms with Crippen LogP contribution in [-0.4, -0.2) is 24.3 Å². The van der Waals surface area contributed by atoms with Crippen molar-refractivity contribution in [2.75, 3.05) is 6.54 Å². The Morgan fingerprint density at radius 2 is 2.08 bits per heavy atom. The monoisotopic (exact) mass is 169 g/mol. The van der Waals surface area contributed by atoms with Crippen molar-refractivity contribution in [1.29, 1.82) is 0 Å². The molecule has 1 saturated heterocycles. The lowest BCUT2D eigenvalue weighted by Gasteiger charge is -2.19. The molecule has 1 heterocycles. The van der Waals surface area contributed by atoms with Crippen LogP contribution in [0.2, 0.25) is 0 Å². The first-order chi connectivity index (χ1) is 5.66. The fraction of sp³-hybridized carbons (Fsp3) is 1.00. The van der Waals surface area contributed by atoms with Crippen molar-refractivity contribution in [1.82, 2.24) is 5.32 Å². The van der Waals surface area contributed by atoms with Gasteiger partial charge in [0.2, 0.25) is 0 Å². The standard InChI is InChI=1S/C10H19NO/c1-10(2)6-5-9(12-10)7-11-8-3-4-8/h8-9,11H,3-7H2,1-2H3. The van der Waals surface area contributed by atoms with Crippen LogP contribution in [0.5, 0.6) is 0 Å². The minimum atomic E-state index is 0.135. The SMILES string of the molecule is CC1(C)CCC(CNC2CC2)O1. The lowest BCUT2D eigenvalue weighted by atomic mass is 10.1. The van der Waals surface area contributed by atoms with E-state index in [1.54, 1.807) is 0 Å². The van der Waals surface area contributed by atoms with E-state index in [1.165, 1.54) is 25.7 Å². The number of hydrogen-bond donors (Lipinski definition) is 1. The molecule has 2 aliphatic rings.